The summed E-state index contributed by atoms with van der Waals surface area (Å²) in [6.45, 7) is 0. The van der Waals surface area contributed by atoms with E-state index in [1.165, 1.54) is 0 Å². The number of ether oxygens (including phenoxy) is 1. The standard InChI is InChI=1S/C5H8O2/c1-7-5(6)4-2-3-4/h4H,2-3H2,1H3/i1D. The maximum absolute atomic E-state index is 10.5. The van der Waals surface area contributed by atoms with Crippen molar-refractivity contribution < 1.29 is 10.9 Å². The van der Waals surface area contributed by atoms with Gasteiger partial charge in [-0.2, -0.15) is 0 Å². The van der Waals surface area contributed by atoms with Gasteiger partial charge in [0.25, 0.3) is 0 Å². The van der Waals surface area contributed by atoms with Gasteiger partial charge in [0, 0.05) is 0 Å². The molecule has 0 N–H and O–H groups in total. The Hall–Kier alpha value is -0.530. The average Bonchev–Trinajstić information content (AvgIpc) is 2.45. The van der Waals surface area contributed by atoms with Crippen LogP contribution in [-0.2, 0) is 9.53 Å². The Balaban J connectivity index is 2.13. The summed E-state index contributed by atoms with van der Waals surface area (Å²) in [7, 11) is -0.227. The van der Waals surface area contributed by atoms with E-state index in [4.69, 9.17) is 1.37 Å². The second-order valence-corrected chi connectivity index (χ2v) is 1.74. The molecule has 2 heteroatoms. The third-order valence-corrected chi connectivity index (χ3v) is 1.05. The van der Waals surface area contributed by atoms with Gasteiger partial charge in [0.1, 0.15) is 0 Å². The lowest BCUT2D eigenvalue weighted by atomic mass is 10.4. The molecule has 0 aromatic rings. The number of hydrogen-bond donors (Lipinski definition) is 0. The molecule has 1 aliphatic rings. The Morgan fingerprint density at radius 2 is 2.71 bits per heavy atom. The van der Waals surface area contributed by atoms with Gasteiger partial charge in [0.05, 0.1) is 14.4 Å². The zero-order valence-corrected chi connectivity index (χ0v) is 4.02. The Morgan fingerprint density at radius 3 is 3.14 bits per heavy atom. The minimum atomic E-state index is -0.227. The van der Waals surface area contributed by atoms with Crippen LogP contribution in [0.25, 0.3) is 0 Å². The first-order chi connectivity index (χ1) is 3.84. The molecular weight excluding hydrogens is 92.1 g/mol. The van der Waals surface area contributed by atoms with Crippen molar-refractivity contribution in [2.45, 2.75) is 12.8 Å². The first-order valence-corrected chi connectivity index (χ1v) is 2.30. The molecule has 0 amide bonds. The van der Waals surface area contributed by atoms with E-state index in [9.17, 15) is 4.79 Å². The Labute approximate surface area is 43.9 Å². The number of rotatable bonds is 1. The van der Waals surface area contributed by atoms with E-state index < -0.39 is 0 Å². The van der Waals surface area contributed by atoms with Crippen molar-refractivity contribution in [3.63, 3.8) is 0 Å². The van der Waals surface area contributed by atoms with Crippen molar-refractivity contribution in [1.82, 2.24) is 0 Å². The second kappa shape index (κ2) is 1.52. The third kappa shape index (κ3) is 0.918. The zero-order valence-electron chi connectivity index (χ0n) is 5.02. The summed E-state index contributed by atoms with van der Waals surface area (Å²) in [5, 5.41) is 0. The smallest absolute Gasteiger partial charge is 0.308 e. The molecule has 0 bridgehead atoms. The van der Waals surface area contributed by atoms with Crippen LogP contribution in [-0.4, -0.2) is 13.1 Å². The maximum Gasteiger partial charge on any atom is 0.308 e. The Kier molecular flexibility index (Phi) is 0.755. The molecule has 1 saturated carbocycles. The fraction of sp³-hybridized carbons (Fsp3) is 0.800. The fourth-order valence-corrected chi connectivity index (χ4v) is 0.437. The van der Waals surface area contributed by atoms with E-state index in [0.717, 1.165) is 12.8 Å². The van der Waals surface area contributed by atoms with Crippen LogP contribution in [0.3, 0.4) is 0 Å². The van der Waals surface area contributed by atoms with Crippen LogP contribution in [0.5, 0.6) is 0 Å². The molecule has 1 fully saturated rings. The summed E-state index contributed by atoms with van der Waals surface area (Å²) in [5.74, 6) is -0.0552. The summed E-state index contributed by atoms with van der Waals surface area (Å²) in [4.78, 5) is 10.5. The van der Waals surface area contributed by atoms with Crippen molar-refractivity contribution in [2.24, 2.45) is 5.92 Å². The minimum Gasteiger partial charge on any atom is -0.469 e. The molecule has 40 valence electrons. The highest BCUT2D eigenvalue weighted by Crippen LogP contribution is 2.29. The van der Waals surface area contributed by atoms with Crippen molar-refractivity contribution in [3.05, 3.63) is 0 Å². The molecule has 0 heterocycles. The van der Waals surface area contributed by atoms with Crippen LogP contribution in [0.2, 0.25) is 0 Å². The molecule has 1 rings (SSSR count). The van der Waals surface area contributed by atoms with Crippen LogP contribution in [0.1, 0.15) is 14.2 Å². The first kappa shape index (κ1) is 3.47. The molecule has 0 saturated heterocycles. The topological polar surface area (TPSA) is 26.3 Å². The normalized spacial score (nSPS) is 20.9. The molecule has 7 heavy (non-hydrogen) atoms. The van der Waals surface area contributed by atoms with Crippen LogP contribution in [0, 0.1) is 5.92 Å². The van der Waals surface area contributed by atoms with Gasteiger partial charge < -0.3 is 4.74 Å². The maximum atomic E-state index is 10.5. The molecule has 0 spiro atoms. The van der Waals surface area contributed by atoms with Crippen LogP contribution in [0.15, 0.2) is 0 Å². The van der Waals surface area contributed by atoms with Crippen molar-refractivity contribution in [3.8, 4) is 0 Å². The molecule has 1 aliphatic carbocycles. The highest BCUT2D eigenvalue weighted by Gasteiger charge is 2.30. The van der Waals surface area contributed by atoms with Gasteiger partial charge in [-0.25, -0.2) is 0 Å². The van der Waals surface area contributed by atoms with Crippen molar-refractivity contribution in [1.29, 1.82) is 0 Å². The zero-order chi connectivity index (χ0) is 5.98. The molecule has 0 unspecified atom stereocenters. The monoisotopic (exact) mass is 101 g/mol. The van der Waals surface area contributed by atoms with E-state index >= 15 is 0 Å². The van der Waals surface area contributed by atoms with Gasteiger partial charge in [-0.05, 0) is 12.8 Å². The van der Waals surface area contributed by atoms with Gasteiger partial charge in [0.2, 0.25) is 0 Å². The third-order valence-electron chi connectivity index (χ3n) is 1.05. The predicted octanol–water partition coefficient (Wildman–Crippen LogP) is 0.569. The minimum absolute atomic E-state index is 0.139. The lowest BCUT2D eigenvalue weighted by Gasteiger charge is -1.89. The van der Waals surface area contributed by atoms with E-state index in [2.05, 4.69) is 4.74 Å². The SMILES string of the molecule is [2H]COC(=O)C1CC1. The summed E-state index contributed by atoms with van der Waals surface area (Å²) in [6, 6.07) is 0. The molecule has 0 aromatic carbocycles. The summed E-state index contributed by atoms with van der Waals surface area (Å²) in [5.41, 5.74) is 0. The number of methoxy groups -OCH3 is 1. The van der Waals surface area contributed by atoms with Gasteiger partial charge in [0.15, 0.2) is 0 Å². The first-order valence-electron chi connectivity index (χ1n) is 3.01. The van der Waals surface area contributed by atoms with Crippen LogP contribution in [0.4, 0.5) is 0 Å². The van der Waals surface area contributed by atoms with Crippen LogP contribution >= 0.6 is 0 Å². The summed E-state index contributed by atoms with van der Waals surface area (Å²) < 4.78 is 10.9. The molecule has 0 aliphatic heterocycles. The highest BCUT2D eigenvalue weighted by molar-refractivity contribution is 5.74. The van der Waals surface area contributed by atoms with E-state index in [1.807, 2.05) is 0 Å². The number of esters is 1. The number of carbonyl (C=O) groups excluding carboxylic acids is 1. The Morgan fingerprint density at radius 1 is 2.00 bits per heavy atom. The molecule has 0 aromatic heterocycles. The van der Waals surface area contributed by atoms with E-state index in [-0.39, 0.29) is 19.0 Å². The van der Waals surface area contributed by atoms with Gasteiger partial charge in [-0.15, -0.1) is 0 Å². The number of hydrogen-bond acceptors (Lipinski definition) is 2. The quantitative estimate of drug-likeness (QED) is 0.451. The highest BCUT2D eigenvalue weighted by atomic mass is 16.5. The van der Waals surface area contributed by atoms with Gasteiger partial charge >= 0.3 is 5.97 Å². The average molecular weight is 101 g/mol. The van der Waals surface area contributed by atoms with Crippen molar-refractivity contribution >= 4 is 5.97 Å². The van der Waals surface area contributed by atoms with Crippen molar-refractivity contribution in [2.75, 3.05) is 7.09 Å². The van der Waals surface area contributed by atoms with E-state index in [1.54, 1.807) is 0 Å². The molecule has 2 nitrogen and oxygen atoms in total. The van der Waals surface area contributed by atoms with E-state index in [0.29, 0.717) is 0 Å². The van der Waals surface area contributed by atoms with Crippen LogP contribution < -0.4 is 0 Å². The number of carbonyl (C=O) groups is 1. The Bertz CT molecular complexity index is 98.6. The molecule has 0 radical (unpaired) electrons. The fourth-order valence-electron chi connectivity index (χ4n) is 0.437. The lowest BCUT2D eigenvalue weighted by Crippen LogP contribution is -2.00. The second-order valence-electron chi connectivity index (χ2n) is 1.74. The predicted molar refractivity (Wildman–Crippen MR) is 24.7 cm³/mol. The van der Waals surface area contributed by atoms with Gasteiger partial charge in [-0.3, -0.25) is 4.79 Å². The lowest BCUT2D eigenvalue weighted by molar-refractivity contribution is -0.142. The van der Waals surface area contributed by atoms with Gasteiger partial charge in [-0.1, -0.05) is 0 Å². The molecular formula is C5H8O2. The molecule has 0 atom stereocenters. The largest absolute Gasteiger partial charge is 0.469 e. The summed E-state index contributed by atoms with van der Waals surface area (Å²) >= 11 is 0. The summed E-state index contributed by atoms with van der Waals surface area (Å²) in [6.07, 6.45) is 1.91.